The van der Waals surface area contributed by atoms with Crippen LogP contribution in [0.5, 0.6) is 0 Å². The van der Waals surface area contributed by atoms with E-state index in [9.17, 15) is 14.7 Å². The summed E-state index contributed by atoms with van der Waals surface area (Å²) >= 11 is 1.41. The first kappa shape index (κ1) is 19.9. The van der Waals surface area contributed by atoms with E-state index in [0.717, 1.165) is 48.5 Å². The van der Waals surface area contributed by atoms with Crippen LogP contribution in [-0.4, -0.2) is 43.3 Å². The molecular weight excluding hydrogens is 388 g/mol. The van der Waals surface area contributed by atoms with Crippen LogP contribution in [0.25, 0.3) is 0 Å². The minimum absolute atomic E-state index is 0.157. The van der Waals surface area contributed by atoms with Gasteiger partial charge < -0.3 is 20.1 Å². The van der Waals surface area contributed by atoms with Crippen LogP contribution in [0.15, 0.2) is 24.3 Å². The van der Waals surface area contributed by atoms with E-state index >= 15 is 0 Å². The number of carbonyl (C=O) groups is 2. The van der Waals surface area contributed by atoms with E-state index in [4.69, 9.17) is 4.74 Å². The third-order valence-electron chi connectivity index (χ3n) is 5.73. The summed E-state index contributed by atoms with van der Waals surface area (Å²) in [7, 11) is 0. The van der Waals surface area contributed by atoms with Gasteiger partial charge in [0.25, 0.3) is 5.91 Å². The van der Waals surface area contributed by atoms with Gasteiger partial charge in [-0.15, -0.1) is 11.3 Å². The van der Waals surface area contributed by atoms with E-state index in [1.807, 2.05) is 12.1 Å². The van der Waals surface area contributed by atoms with Crippen LogP contribution in [0.4, 0.5) is 10.7 Å². The average molecular weight is 415 g/mol. The lowest BCUT2D eigenvalue weighted by Crippen LogP contribution is -2.36. The van der Waals surface area contributed by atoms with Gasteiger partial charge in [-0.2, -0.15) is 0 Å². The predicted octanol–water partition coefficient (Wildman–Crippen LogP) is 4.05. The summed E-state index contributed by atoms with van der Waals surface area (Å²) in [6, 6.07) is 7.44. The van der Waals surface area contributed by atoms with Crippen LogP contribution in [0.2, 0.25) is 0 Å². The second kappa shape index (κ2) is 7.80. The van der Waals surface area contributed by atoms with Crippen LogP contribution >= 0.6 is 11.3 Å². The molecule has 29 heavy (non-hydrogen) atoms. The topological polar surface area (TPSA) is 78.9 Å². The molecule has 1 aromatic heterocycles. The number of morpholine rings is 1. The molecule has 0 atom stereocenters. The summed E-state index contributed by atoms with van der Waals surface area (Å²) in [6.07, 6.45) is 2.54. The Morgan fingerprint density at radius 1 is 1.17 bits per heavy atom. The number of benzene rings is 1. The number of rotatable bonds is 4. The highest BCUT2D eigenvalue weighted by molar-refractivity contribution is 7.17. The Kier molecular flexibility index (Phi) is 5.36. The monoisotopic (exact) mass is 414 g/mol. The number of nitrogens with one attached hydrogen (secondary N) is 1. The average Bonchev–Trinajstić information content (AvgIpc) is 3.04. The number of carboxylic acid groups (broad SMARTS) is 1. The van der Waals surface area contributed by atoms with E-state index in [1.165, 1.54) is 11.3 Å². The van der Waals surface area contributed by atoms with Gasteiger partial charge in [-0.05, 0) is 54.5 Å². The number of thiophene rings is 1. The number of aromatic carboxylic acids is 1. The van der Waals surface area contributed by atoms with Crippen molar-refractivity contribution in [1.82, 2.24) is 0 Å². The third kappa shape index (κ3) is 4.16. The maximum absolute atomic E-state index is 12.8. The maximum Gasteiger partial charge on any atom is 0.339 e. The standard InChI is InChI=1S/C22H26N2O4S/c1-22(2)8-7-16-17(13-22)29-20(18(16)21(26)27)23-19(25)14-3-5-15(6-4-14)24-9-11-28-12-10-24/h3-6H,7-13H2,1-2H3,(H,23,25)(H,26,27). The first-order valence-corrected chi connectivity index (χ1v) is 10.8. The molecule has 1 aromatic carbocycles. The minimum atomic E-state index is -0.972. The van der Waals surface area contributed by atoms with Gasteiger partial charge >= 0.3 is 5.97 Å². The van der Waals surface area contributed by atoms with E-state index < -0.39 is 5.97 Å². The van der Waals surface area contributed by atoms with E-state index in [-0.39, 0.29) is 16.9 Å². The lowest BCUT2D eigenvalue weighted by atomic mass is 9.77. The smallest absolute Gasteiger partial charge is 0.339 e. The number of hydrogen-bond donors (Lipinski definition) is 2. The molecule has 2 aliphatic rings. The number of ether oxygens (including phenoxy) is 1. The molecule has 2 heterocycles. The largest absolute Gasteiger partial charge is 0.478 e. The fourth-order valence-corrected chi connectivity index (χ4v) is 5.53. The highest BCUT2D eigenvalue weighted by Gasteiger charge is 2.32. The molecule has 0 unspecified atom stereocenters. The zero-order valence-electron chi connectivity index (χ0n) is 16.8. The summed E-state index contributed by atoms with van der Waals surface area (Å²) in [4.78, 5) is 28.0. The van der Waals surface area contributed by atoms with Crippen molar-refractivity contribution in [3.05, 3.63) is 45.8 Å². The van der Waals surface area contributed by atoms with Crippen molar-refractivity contribution in [1.29, 1.82) is 0 Å². The second-order valence-electron chi connectivity index (χ2n) is 8.45. The van der Waals surface area contributed by atoms with Gasteiger partial charge in [0.2, 0.25) is 0 Å². The molecule has 2 N–H and O–H groups in total. The Hall–Kier alpha value is -2.38. The van der Waals surface area contributed by atoms with Gasteiger partial charge in [0, 0.05) is 29.2 Å². The normalized spacial score (nSPS) is 18.2. The van der Waals surface area contributed by atoms with Crippen molar-refractivity contribution >= 4 is 33.9 Å². The molecule has 154 valence electrons. The number of hydrogen-bond acceptors (Lipinski definition) is 5. The minimum Gasteiger partial charge on any atom is -0.478 e. The molecule has 2 aromatic rings. The Morgan fingerprint density at radius 3 is 2.52 bits per heavy atom. The van der Waals surface area contributed by atoms with E-state index in [2.05, 4.69) is 24.1 Å². The molecule has 1 amide bonds. The molecular formula is C22H26N2O4S. The number of carboxylic acids is 1. The molecule has 0 spiro atoms. The molecule has 6 nitrogen and oxygen atoms in total. The van der Waals surface area contributed by atoms with Gasteiger partial charge in [0.15, 0.2) is 0 Å². The number of carbonyl (C=O) groups excluding carboxylic acids is 1. The highest BCUT2D eigenvalue weighted by Crippen LogP contribution is 2.43. The van der Waals surface area contributed by atoms with Crippen molar-refractivity contribution in [2.45, 2.75) is 33.1 Å². The fraction of sp³-hybridized carbons (Fsp3) is 0.455. The number of fused-ring (bicyclic) bond motifs is 1. The van der Waals surface area contributed by atoms with Crippen molar-refractivity contribution < 1.29 is 19.4 Å². The second-order valence-corrected chi connectivity index (χ2v) is 9.56. The van der Waals surface area contributed by atoms with Crippen LogP contribution in [0, 0.1) is 5.41 Å². The van der Waals surface area contributed by atoms with Crippen molar-refractivity contribution in [3.8, 4) is 0 Å². The van der Waals surface area contributed by atoms with Crippen LogP contribution in [0.3, 0.4) is 0 Å². The highest BCUT2D eigenvalue weighted by atomic mass is 32.1. The molecule has 7 heteroatoms. The summed E-state index contributed by atoms with van der Waals surface area (Å²) in [5.74, 6) is -1.25. The van der Waals surface area contributed by atoms with Gasteiger partial charge in [-0.3, -0.25) is 4.79 Å². The Balaban J connectivity index is 1.54. The Morgan fingerprint density at radius 2 is 1.86 bits per heavy atom. The van der Waals surface area contributed by atoms with Gasteiger partial charge in [0.1, 0.15) is 5.00 Å². The van der Waals surface area contributed by atoms with E-state index in [0.29, 0.717) is 23.8 Å². The SMILES string of the molecule is CC1(C)CCc2c(sc(NC(=O)c3ccc(N4CCOCC4)cc3)c2C(=O)O)C1. The number of anilines is 2. The first-order chi connectivity index (χ1) is 13.8. The summed E-state index contributed by atoms with van der Waals surface area (Å²) in [5, 5.41) is 13.0. The molecule has 1 saturated heterocycles. The quantitative estimate of drug-likeness (QED) is 0.789. The summed E-state index contributed by atoms with van der Waals surface area (Å²) in [5.41, 5.74) is 2.89. The zero-order chi connectivity index (χ0) is 20.6. The predicted molar refractivity (Wildman–Crippen MR) is 115 cm³/mol. The molecule has 1 aliphatic carbocycles. The molecule has 0 saturated carbocycles. The molecule has 1 fully saturated rings. The molecule has 1 aliphatic heterocycles. The van der Waals surface area contributed by atoms with Crippen LogP contribution < -0.4 is 10.2 Å². The van der Waals surface area contributed by atoms with Gasteiger partial charge in [0.05, 0.1) is 18.8 Å². The van der Waals surface area contributed by atoms with Crippen molar-refractivity contribution in [2.24, 2.45) is 5.41 Å². The summed E-state index contributed by atoms with van der Waals surface area (Å²) < 4.78 is 5.37. The third-order valence-corrected chi connectivity index (χ3v) is 6.88. The number of amides is 1. The molecule has 0 radical (unpaired) electrons. The zero-order valence-corrected chi connectivity index (χ0v) is 17.6. The van der Waals surface area contributed by atoms with Crippen LogP contribution in [0.1, 0.15) is 51.4 Å². The molecule has 4 rings (SSSR count). The maximum atomic E-state index is 12.8. The fourth-order valence-electron chi connectivity index (χ4n) is 4.04. The summed E-state index contributed by atoms with van der Waals surface area (Å²) in [6.45, 7) is 7.49. The van der Waals surface area contributed by atoms with Gasteiger partial charge in [-0.1, -0.05) is 13.8 Å². The lowest BCUT2D eigenvalue weighted by molar-refractivity contribution is 0.0696. The van der Waals surface area contributed by atoms with Crippen molar-refractivity contribution in [2.75, 3.05) is 36.5 Å². The van der Waals surface area contributed by atoms with Crippen molar-refractivity contribution in [3.63, 3.8) is 0 Å². The Labute approximate surface area is 174 Å². The lowest BCUT2D eigenvalue weighted by Gasteiger charge is -2.29. The van der Waals surface area contributed by atoms with Crippen LogP contribution in [-0.2, 0) is 17.6 Å². The first-order valence-electron chi connectivity index (χ1n) is 9.96. The molecule has 0 bridgehead atoms. The van der Waals surface area contributed by atoms with Gasteiger partial charge in [-0.25, -0.2) is 4.79 Å². The van der Waals surface area contributed by atoms with E-state index in [1.54, 1.807) is 12.1 Å². The number of nitrogens with zero attached hydrogens (tertiary/aromatic N) is 1. The Bertz CT molecular complexity index is 927.